The Labute approximate surface area is 131 Å². The van der Waals surface area contributed by atoms with Crippen molar-refractivity contribution in [2.75, 3.05) is 0 Å². The summed E-state index contributed by atoms with van der Waals surface area (Å²) in [5, 5.41) is 2.93. The number of carbonyl (C=O) groups excluding carboxylic acids is 1. The molecule has 0 saturated heterocycles. The zero-order valence-electron chi connectivity index (χ0n) is 12.6. The minimum Gasteiger partial charge on any atom is -0.350 e. The highest BCUT2D eigenvalue weighted by molar-refractivity contribution is 5.85. The maximum absolute atomic E-state index is 13.5. The van der Waals surface area contributed by atoms with Gasteiger partial charge in [-0.15, -0.1) is 12.4 Å². The topological polar surface area (TPSA) is 55.1 Å². The van der Waals surface area contributed by atoms with E-state index in [2.05, 4.69) is 5.32 Å². The average Bonchev–Trinajstić information content (AvgIpc) is 2.78. The van der Waals surface area contributed by atoms with E-state index in [4.69, 9.17) is 5.73 Å². The number of benzene rings is 1. The molecule has 1 unspecified atom stereocenters. The number of nitrogens with one attached hydrogen (secondary N) is 1. The van der Waals surface area contributed by atoms with Gasteiger partial charge in [0.2, 0.25) is 5.91 Å². The lowest BCUT2D eigenvalue weighted by Gasteiger charge is -2.18. The molecule has 5 heteroatoms. The summed E-state index contributed by atoms with van der Waals surface area (Å²) >= 11 is 0. The SMILES string of the molecule is Cc1ccc(C(C)NC(=O)C[C@@H]2CCC[C@H]2N)cc1F.Cl. The molecule has 0 heterocycles. The molecule has 3 nitrogen and oxygen atoms in total. The monoisotopic (exact) mass is 314 g/mol. The zero-order valence-corrected chi connectivity index (χ0v) is 13.4. The van der Waals surface area contributed by atoms with Crippen LogP contribution in [0.1, 0.15) is 49.8 Å². The van der Waals surface area contributed by atoms with Gasteiger partial charge in [0, 0.05) is 12.5 Å². The maximum atomic E-state index is 13.5. The maximum Gasteiger partial charge on any atom is 0.220 e. The molecule has 21 heavy (non-hydrogen) atoms. The lowest BCUT2D eigenvalue weighted by Crippen LogP contribution is -2.32. The fraction of sp³-hybridized carbons (Fsp3) is 0.562. The Morgan fingerprint density at radius 3 is 2.76 bits per heavy atom. The summed E-state index contributed by atoms with van der Waals surface area (Å²) in [5.74, 6) is 0.0548. The summed E-state index contributed by atoms with van der Waals surface area (Å²) in [7, 11) is 0. The van der Waals surface area contributed by atoms with Gasteiger partial charge in [-0.05, 0) is 49.8 Å². The molecule has 1 aromatic rings. The van der Waals surface area contributed by atoms with Gasteiger partial charge in [-0.3, -0.25) is 4.79 Å². The first-order chi connectivity index (χ1) is 9.47. The molecule has 1 fully saturated rings. The summed E-state index contributed by atoms with van der Waals surface area (Å²) < 4.78 is 13.5. The molecule has 1 aliphatic carbocycles. The number of hydrogen-bond donors (Lipinski definition) is 2. The van der Waals surface area contributed by atoms with Crippen LogP contribution in [-0.2, 0) is 4.79 Å². The van der Waals surface area contributed by atoms with Gasteiger partial charge >= 0.3 is 0 Å². The molecule has 118 valence electrons. The highest BCUT2D eigenvalue weighted by Crippen LogP contribution is 2.27. The summed E-state index contributed by atoms with van der Waals surface area (Å²) in [5.41, 5.74) is 7.38. The molecule has 0 spiro atoms. The Balaban J connectivity index is 0.00000220. The van der Waals surface area contributed by atoms with E-state index in [0.29, 0.717) is 12.0 Å². The first-order valence-corrected chi connectivity index (χ1v) is 7.28. The van der Waals surface area contributed by atoms with E-state index in [-0.39, 0.29) is 42.1 Å². The van der Waals surface area contributed by atoms with Gasteiger partial charge in [-0.25, -0.2) is 4.39 Å². The molecule has 0 radical (unpaired) electrons. The molecule has 3 atom stereocenters. The van der Waals surface area contributed by atoms with Crippen LogP contribution in [0.15, 0.2) is 18.2 Å². The van der Waals surface area contributed by atoms with Crippen molar-refractivity contribution in [3.8, 4) is 0 Å². The third-order valence-corrected chi connectivity index (χ3v) is 4.24. The zero-order chi connectivity index (χ0) is 14.7. The molecule has 1 aromatic carbocycles. The summed E-state index contributed by atoms with van der Waals surface area (Å²) in [6, 6.07) is 5.04. The molecule has 3 N–H and O–H groups in total. The number of aryl methyl sites for hydroxylation is 1. The molecule has 1 amide bonds. The van der Waals surface area contributed by atoms with Crippen LogP contribution in [0.3, 0.4) is 0 Å². The van der Waals surface area contributed by atoms with E-state index >= 15 is 0 Å². The number of halogens is 2. The van der Waals surface area contributed by atoms with Crippen molar-refractivity contribution in [1.82, 2.24) is 5.32 Å². The Morgan fingerprint density at radius 2 is 2.19 bits per heavy atom. The second kappa shape index (κ2) is 7.76. The Kier molecular flexibility index (Phi) is 6.62. The second-order valence-electron chi connectivity index (χ2n) is 5.86. The van der Waals surface area contributed by atoms with E-state index in [0.717, 1.165) is 24.8 Å². The van der Waals surface area contributed by atoms with Crippen LogP contribution in [-0.4, -0.2) is 11.9 Å². The summed E-state index contributed by atoms with van der Waals surface area (Å²) in [4.78, 5) is 12.0. The van der Waals surface area contributed by atoms with Gasteiger partial charge in [-0.2, -0.15) is 0 Å². The van der Waals surface area contributed by atoms with Crippen molar-refractivity contribution >= 4 is 18.3 Å². The van der Waals surface area contributed by atoms with Gasteiger partial charge in [-0.1, -0.05) is 18.6 Å². The minimum absolute atomic E-state index is 0. The third-order valence-electron chi connectivity index (χ3n) is 4.24. The predicted molar refractivity (Wildman–Crippen MR) is 84.9 cm³/mol. The van der Waals surface area contributed by atoms with Crippen LogP contribution in [0, 0.1) is 18.7 Å². The molecule has 0 aromatic heterocycles. The molecular weight excluding hydrogens is 291 g/mol. The first kappa shape index (κ1) is 17.9. The molecule has 0 aliphatic heterocycles. The second-order valence-corrected chi connectivity index (χ2v) is 5.86. The van der Waals surface area contributed by atoms with Gasteiger partial charge in [0.25, 0.3) is 0 Å². The number of amides is 1. The van der Waals surface area contributed by atoms with Gasteiger partial charge in [0.1, 0.15) is 5.82 Å². The minimum atomic E-state index is -0.235. The van der Waals surface area contributed by atoms with E-state index in [1.807, 2.05) is 13.0 Å². The van der Waals surface area contributed by atoms with E-state index in [1.165, 1.54) is 6.07 Å². The van der Waals surface area contributed by atoms with E-state index in [9.17, 15) is 9.18 Å². The number of rotatable bonds is 4. The van der Waals surface area contributed by atoms with Crippen molar-refractivity contribution in [2.45, 2.75) is 51.6 Å². The number of nitrogens with two attached hydrogens (primary N) is 1. The van der Waals surface area contributed by atoms with Crippen LogP contribution in [0.5, 0.6) is 0 Å². The fourth-order valence-electron chi connectivity index (χ4n) is 2.82. The van der Waals surface area contributed by atoms with Crippen molar-refractivity contribution < 1.29 is 9.18 Å². The smallest absolute Gasteiger partial charge is 0.220 e. The van der Waals surface area contributed by atoms with Crippen LogP contribution in [0.2, 0.25) is 0 Å². The normalized spacial score (nSPS) is 22.5. The predicted octanol–water partition coefficient (Wildman–Crippen LogP) is 3.25. The summed E-state index contributed by atoms with van der Waals surface area (Å²) in [6.07, 6.45) is 3.62. The molecular formula is C16H24ClFN2O. The van der Waals surface area contributed by atoms with Crippen LogP contribution in [0.4, 0.5) is 4.39 Å². The lowest BCUT2D eigenvalue weighted by molar-refractivity contribution is -0.122. The Hall–Kier alpha value is -1.13. The molecule has 1 saturated carbocycles. The third kappa shape index (κ3) is 4.68. The van der Waals surface area contributed by atoms with Crippen LogP contribution in [0.25, 0.3) is 0 Å². The van der Waals surface area contributed by atoms with Crippen molar-refractivity contribution in [3.63, 3.8) is 0 Å². The molecule has 0 bridgehead atoms. The first-order valence-electron chi connectivity index (χ1n) is 7.28. The molecule has 2 rings (SSSR count). The Morgan fingerprint density at radius 1 is 1.48 bits per heavy atom. The van der Waals surface area contributed by atoms with Gasteiger partial charge in [0.05, 0.1) is 6.04 Å². The van der Waals surface area contributed by atoms with E-state index in [1.54, 1.807) is 13.0 Å². The van der Waals surface area contributed by atoms with Crippen molar-refractivity contribution in [3.05, 3.63) is 35.1 Å². The largest absolute Gasteiger partial charge is 0.350 e. The number of carbonyl (C=O) groups is 1. The van der Waals surface area contributed by atoms with Gasteiger partial charge < -0.3 is 11.1 Å². The van der Waals surface area contributed by atoms with Crippen molar-refractivity contribution in [1.29, 1.82) is 0 Å². The number of hydrogen-bond acceptors (Lipinski definition) is 2. The Bertz CT molecular complexity index is 495. The van der Waals surface area contributed by atoms with Crippen LogP contribution >= 0.6 is 12.4 Å². The van der Waals surface area contributed by atoms with E-state index < -0.39 is 0 Å². The highest BCUT2D eigenvalue weighted by Gasteiger charge is 2.26. The van der Waals surface area contributed by atoms with Crippen LogP contribution < -0.4 is 11.1 Å². The molecule has 1 aliphatic rings. The lowest BCUT2D eigenvalue weighted by atomic mass is 9.99. The van der Waals surface area contributed by atoms with Gasteiger partial charge in [0.15, 0.2) is 0 Å². The van der Waals surface area contributed by atoms with Crippen molar-refractivity contribution in [2.24, 2.45) is 11.7 Å². The quantitative estimate of drug-likeness (QED) is 0.896. The summed E-state index contributed by atoms with van der Waals surface area (Å²) in [6.45, 7) is 3.60. The average molecular weight is 315 g/mol. The fourth-order valence-corrected chi connectivity index (χ4v) is 2.82. The highest BCUT2D eigenvalue weighted by atomic mass is 35.5. The standard InChI is InChI=1S/C16H23FN2O.ClH/c1-10-6-7-12(8-14(10)17)11(2)19-16(20)9-13-4-3-5-15(13)18;/h6-8,11,13,15H,3-5,9,18H2,1-2H3,(H,19,20);1H/t11?,13-,15+;/m0./s1.